The van der Waals surface area contributed by atoms with Gasteiger partial charge in [0.2, 0.25) is 5.91 Å². The Labute approximate surface area is 130 Å². The first kappa shape index (κ1) is 14.9. The van der Waals surface area contributed by atoms with Gasteiger partial charge in [0.15, 0.2) is 0 Å². The second-order valence-electron chi connectivity index (χ2n) is 5.80. The Morgan fingerprint density at radius 2 is 2.41 bits per heavy atom. The number of ether oxygens (including phenoxy) is 1. The van der Waals surface area contributed by atoms with Crippen LogP contribution in [0, 0.1) is 5.92 Å². The molecule has 5 heteroatoms. The molecular formula is C17H22N2O3. The molecule has 1 amide bonds. The lowest BCUT2D eigenvalue weighted by atomic mass is 10.1. The number of carbonyl (C=O) groups is 1. The molecule has 0 radical (unpaired) electrons. The summed E-state index contributed by atoms with van der Waals surface area (Å²) in [6.45, 7) is 2.92. The van der Waals surface area contributed by atoms with Crippen LogP contribution in [0.4, 0.5) is 0 Å². The van der Waals surface area contributed by atoms with Crippen LogP contribution in [0.15, 0.2) is 28.9 Å². The fourth-order valence-electron chi connectivity index (χ4n) is 2.94. The molecule has 3 rings (SSSR count). The molecular weight excluding hydrogens is 280 g/mol. The predicted molar refractivity (Wildman–Crippen MR) is 85.1 cm³/mol. The highest BCUT2D eigenvalue weighted by molar-refractivity contribution is 5.88. The average Bonchev–Trinajstić information content (AvgIpc) is 3.17. The molecule has 2 aromatic rings. The quantitative estimate of drug-likeness (QED) is 0.858. The standard InChI is InChI=1S/C17H22N2O3/c1-21-14-2-3-15-13(11-22-16(15)9-14)8-17(20)19-7-5-12-4-6-18-10-12/h2-3,9,11-12,18H,4-8,10H2,1H3,(H,19,20). The van der Waals surface area contributed by atoms with Crippen LogP contribution in [0.3, 0.4) is 0 Å². The monoisotopic (exact) mass is 302 g/mol. The zero-order chi connectivity index (χ0) is 15.4. The summed E-state index contributed by atoms with van der Waals surface area (Å²) in [7, 11) is 1.62. The summed E-state index contributed by atoms with van der Waals surface area (Å²) in [6, 6.07) is 5.65. The van der Waals surface area contributed by atoms with Gasteiger partial charge in [0, 0.05) is 23.6 Å². The van der Waals surface area contributed by atoms with Crippen molar-refractivity contribution >= 4 is 16.9 Å². The number of methoxy groups -OCH3 is 1. The van der Waals surface area contributed by atoms with E-state index in [9.17, 15) is 4.79 Å². The van der Waals surface area contributed by atoms with Gasteiger partial charge >= 0.3 is 0 Å². The van der Waals surface area contributed by atoms with Gasteiger partial charge in [-0.05, 0) is 44.0 Å². The third-order valence-electron chi connectivity index (χ3n) is 4.25. The summed E-state index contributed by atoms with van der Waals surface area (Å²) in [5.41, 5.74) is 1.66. The van der Waals surface area contributed by atoms with Crippen molar-refractivity contribution in [2.75, 3.05) is 26.7 Å². The van der Waals surface area contributed by atoms with Crippen LogP contribution in [-0.4, -0.2) is 32.7 Å². The van der Waals surface area contributed by atoms with Crippen LogP contribution in [0.5, 0.6) is 5.75 Å². The smallest absolute Gasteiger partial charge is 0.224 e. The topological polar surface area (TPSA) is 63.5 Å². The van der Waals surface area contributed by atoms with Gasteiger partial charge in [-0.2, -0.15) is 0 Å². The molecule has 1 atom stereocenters. The van der Waals surface area contributed by atoms with Gasteiger partial charge in [0.05, 0.1) is 19.8 Å². The number of hydrogen-bond donors (Lipinski definition) is 2. The van der Waals surface area contributed by atoms with Gasteiger partial charge in [-0.25, -0.2) is 0 Å². The van der Waals surface area contributed by atoms with Gasteiger partial charge in [0.1, 0.15) is 11.3 Å². The molecule has 0 bridgehead atoms. The highest BCUT2D eigenvalue weighted by Gasteiger charge is 2.15. The molecule has 1 aromatic heterocycles. The molecule has 22 heavy (non-hydrogen) atoms. The molecule has 5 nitrogen and oxygen atoms in total. The maximum absolute atomic E-state index is 12.1. The molecule has 1 aromatic carbocycles. The average molecular weight is 302 g/mol. The number of nitrogens with one attached hydrogen (secondary N) is 2. The molecule has 1 saturated heterocycles. The van der Waals surface area contributed by atoms with Crippen LogP contribution < -0.4 is 15.4 Å². The van der Waals surface area contributed by atoms with E-state index in [0.29, 0.717) is 12.3 Å². The normalized spacial score (nSPS) is 17.8. The minimum Gasteiger partial charge on any atom is -0.497 e. The summed E-state index contributed by atoms with van der Waals surface area (Å²) in [6.07, 6.45) is 4.26. The molecule has 0 saturated carbocycles. The Hall–Kier alpha value is -2.01. The van der Waals surface area contributed by atoms with E-state index < -0.39 is 0 Å². The molecule has 0 aliphatic carbocycles. The second kappa shape index (κ2) is 6.83. The first-order chi connectivity index (χ1) is 10.8. The molecule has 1 fully saturated rings. The van der Waals surface area contributed by atoms with Gasteiger partial charge in [-0.1, -0.05) is 0 Å². The predicted octanol–water partition coefficient (Wildman–Crippen LogP) is 2.10. The van der Waals surface area contributed by atoms with Crippen LogP contribution in [-0.2, 0) is 11.2 Å². The van der Waals surface area contributed by atoms with Crippen molar-refractivity contribution in [3.63, 3.8) is 0 Å². The van der Waals surface area contributed by atoms with Gasteiger partial charge in [-0.15, -0.1) is 0 Å². The second-order valence-corrected chi connectivity index (χ2v) is 5.80. The summed E-state index contributed by atoms with van der Waals surface area (Å²) < 4.78 is 10.7. The van der Waals surface area contributed by atoms with E-state index >= 15 is 0 Å². The van der Waals surface area contributed by atoms with Crippen molar-refractivity contribution in [3.05, 3.63) is 30.0 Å². The molecule has 1 aliphatic heterocycles. The molecule has 1 aliphatic rings. The fourth-order valence-corrected chi connectivity index (χ4v) is 2.94. The number of hydrogen-bond acceptors (Lipinski definition) is 4. The Morgan fingerprint density at radius 3 is 3.18 bits per heavy atom. The number of fused-ring (bicyclic) bond motifs is 1. The minimum atomic E-state index is 0.0458. The zero-order valence-electron chi connectivity index (χ0n) is 12.9. The third-order valence-corrected chi connectivity index (χ3v) is 4.25. The van der Waals surface area contributed by atoms with Crippen LogP contribution >= 0.6 is 0 Å². The van der Waals surface area contributed by atoms with E-state index in [1.54, 1.807) is 13.4 Å². The lowest BCUT2D eigenvalue weighted by Gasteiger charge is -2.09. The van der Waals surface area contributed by atoms with Crippen molar-refractivity contribution in [2.45, 2.75) is 19.3 Å². The lowest BCUT2D eigenvalue weighted by molar-refractivity contribution is -0.120. The van der Waals surface area contributed by atoms with E-state index in [1.807, 2.05) is 18.2 Å². The Balaban J connectivity index is 1.54. The van der Waals surface area contributed by atoms with Gasteiger partial charge in [-0.3, -0.25) is 4.79 Å². The maximum atomic E-state index is 12.1. The van der Waals surface area contributed by atoms with Crippen LogP contribution in [0.25, 0.3) is 11.0 Å². The first-order valence-corrected chi connectivity index (χ1v) is 7.78. The van der Waals surface area contributed by atoms with E-state index in [2.05, 4.69) is 10.6 Å². The van der Waals surface area contributed by atoms with E-state index in [4.69, 9.17) is 9.15 Å². The number of rotatable bonds is 6. The van der Waals surface area contributed by atoms with Gasteiger partial charge < -0.3 is 19.8 Å². The Bertz CT molecular complexity index is 644. The van der Waals surface area contributed by atoms with E-state index in [1.165, 1.54) is 6.42 Å². The number of benzene rings is 1. The molecule has 2 heterocycles. The Kier molecular flexibility index (Phi) is 4.63. The maximum Gasteiger partial charge on any atom is 0.224 e. The van der Waals surface area contributed by atoms with Gasteiger partial charge in [0.25, 0.3) is 0 Å². The van der Waals surface area contributed by atoms with E-state index in [0.717, 1.165) is 48.3 Å². The zero-order valence-corrected chi connectivity index (χ0v) is 12.9. The summed E-state index contributed by atoms with van der Waals surface area (Å²) in [5, 5.41) is 7.31. The molecule has 1 unspecified atom stereocenters. The number of carbonyl (C=O) groups excluding carboxylic acids is 1. The van der Waals surface area contributed by atoms with E-state index in [-0.39, 0.29) is 5.91 Å². The third kappa shape index (κ3) is 3.42. The summed E-state index contributed by atoms with van der Waals surface area (Å²) in [5.74, 6) is 1.50. The molecule has 2 N–H and O–H groups in total. The minimum absolute atomic E-state index is 0.0458. The van der Waals surface area contributed by atoms with Crippen molar-refractivity contribution < 1.29 is 13.9 Å². The Morgan fingerprint density at radius 1 is 1.50 bits per heavy atom. The van der Waals surface area contributed by atoms with Crippen molar-refractivity contribution in [1.29, 1.82) is 0 Å². The summed E-state index contributed by atoms with van der Waals surface area (Å²) in [4.78, 5) is 12.1. The fraction of sp³-hybridized carbons (Fsp3) is 0.471. The first-order valence-electron chi connectivity index (χ1n) is 7.78. The van der Waals surface area contributed by atoms with Crippen LogP contribution in [0.1, 0.15) is 18.4 Å². The highest BCUT2D eigenvalue weighted by Crippen LogP contribution is 2.25. The lowest BCUT2D eigenvalue weighted by Crippen LogP contribution is -2.27. The largest absolute Gasteiger partial charge is 0.497 e. The van der Waals surface area contributed by atoms with Crippen molar-refractivity contribution in [1.82, 2.24) is 10.6 Å². The molecule has 0 spiro atoms. The number of furan rings is 1. The van der Waals surface area contributed by atoms with Crippen molar-refractivity contribution in [3.8, 4) is 5.75 Å². The SMILES string of the molecule is COc1ccc2c(CC(=O)NCCC3CCNC3)coc2c1. The van der Waals surface area contributed by atoms with Crippen LogP contribution in [0.2, 0.25) is 0 Å². The summed E-state index contributed by atoms with van der Waals surface area (Å²) >= 11 is 0. The molecule has 118 valence electrons. The van der Waals surface area contributed by atoms with Crippen molar-refractivity contribution in [2.24, 2.45) is 5.92 Å². The number of amides is 1. The highest BCUT2D eigenvalue weighted by atomic mass is 16.5.